The molecule has 2 heterocycles. The fourth-order valence-corrected chi connectivity index (χ4v) is 3.65. The number of carbonyl (C=O) groups is 2. The maximum absolute atomic E-state index is 13.9. The van der Waals surface area contributed by atoms with E-state index in [9.17, 15) is 19.1 Å². The van der Waals surface area contributed by atoms with E-state index in [-0.39, 0.29) is 19.6 Å². The van der Waals surface area contributed by atoms with E-state index >= 15 is 0 Å². The molecule has 0 aliphatic carbocycles. The molecule has 1 aliphatic rings. The summed E-state index contributed by atoms with van der Waals surface area (Å²) in [4.78, 5) is 27.7. The van der Waals surface area contributed by atoms with Crippen LogP contribution in [0.4, 0.5) is 14.9 Å². The van der Waals surface area contributed by atoms with Gasteiger partial charge in [-0.05, 0) is 36.9 Å². The van der Waals surface area contributed by atoms with E-state index in [1.54, 1.807) is 43.5 Å². The lowest BCUT2D eigenvalue weighted by Crippen LogP contribution is -2.40. The number of amides is 1. The van der Waals surface area contributed by atoms with E-state index in [1.807, 2.05) is 0 Å². The number of rotatable bonds is 7. The second-order valence-electron chi connectivity index (χ2n) is 6.43. The quantitative estimate of drug-likeness (QED) is 0.543. The Morgan fingerprint density at radius 1 is 1.41 bits per heavy atom. The van der Waals surface area contributed by atoms with Crippen LogP contribution >= 0.6 is 11.8 Å². The van der Waals surface area contributed by atoms with Crippen molar-refractivity contribution in [2.24, 2.45) is 0 Å². The molecule has 2 unspecified atom stereocenters. The summed E-state index contributed by atoms with van der Waals surface area (Å²) < 4.78 is 24.1. The first-order chi connectivity index (χ1) is 13.9. The van der Waals surface area contributed by atoms with Gasteiger partial charge in [0.2, 0.25) is 4.93 Å². The van der Waals surface area contributed by atoms with Gasteiger partial charge in [-0.15, -0.1) is 11.8 Å². The first-order valence-electron chi connectivity index (χ1n) is 9.00. The predicted molar refractivity (Wildman–Crippen MR) is 107 cm³/mol. The largest absolute Gasteiger partial charge is 0.463 e. The molecule has 2 atom stereocenters. The molecule has 9 heteroatoms. The van der Waals surface area contributed by atoms with Crippen LogP contribution in [0.25, 0.3) is 11.1 Å². The third-order valence-electron chi connectivity index (χ3n) is 4.57. The number of ether oxygens (including phenoxy) is 2. The van der Waals surface area contributed by atoms with E-state index in [0.29, 0.717) is 16.8 Å². The summed E-state index contributed by atoms with van der Waals surface area (Å²) in [5.41, 5.74) is 1.63. The molecule has 1 N–H and O–H groups in total. The number of nitrogens with zero attached hydrogens (tertiary/aromatic N) is 2. The zero-order chi connectivity index (χ0) is 21.0. The lowest BCUT2D eigenvalue weighted by atomic mass is 10.1. The molecule has 0 spiro atoms. The molecule has 1 aromatic carbocycles. The molecule has 1 saturated heterocycles. The van der Waals surface area contributed by atoms with Gasteiger partial charge >= 0.3 is 12.1 Å². The van der Waals surface area contributed by atoms with Crippen LogP contribution in [0, 0.1) is 5.82 Å². The summed E-state index contributed by atoms with van der Waals surface area (Å²) in [6, 6.07) is 8.34. The predicted octanol–water partition coefficient (Wildman–Crippen LogP) is 3.22. The molecule has 7 nitrogen and oxygen atoms in total. The fourth-order valence-electron chi connectivity index (χ4n) is 3.07. The first-order valence-corrected chi connectivity index (χ1v) is 10.2. The lowest BCUT2D eigenvalue weighted by Gasteiger charge is -2.25. The molecule has 2 aromatic rings. The van der Waals surface area contributed by atoms with Crippen molar-refractivity contribution in [3.05, 3.63) is 48.5 Å². The van der Waals surface area contributed by atoms with Gasteiger partial charge in [0.05, 0.1) is 19.3 Å². The molecular weight excluding hydrogens is 399 g/mol. The van der Waals surface area contributed by atoms with Gasteiger partial charge < -0.3 is 14.6 Å². The van der Waals surface area contributed by atoms with Gasteiger partial charge in [0.25, 0.3) is 0 Å². The number of pyridine rings is 1. The molecule has 1 fully saturated rings. The van der Waals surface area contributed by atoms with E-state index in [2.05, 4.69) is 4.98 Å². The van der Waals surface area contributed by atoms with Crippen LogP contribution in [-0.2, 0) is 14.3 Å². The molecule has 154 valence electrons. The third kappa shape index (κ3) is 4.51. The minimum Gasteiger partial charge on any atom is -0.463 e. The Balaban J connectivity index is 1.72. The Kier molecular flexibility index (Phi) is 6.39. The van der Waals surface area contributed by atoms with E-state index < -0.39 is 28.9 Å². The van der Waals surface area contributed by atoms with Crippen molar-refractivity contribution >= 4 is 29.5 Å². The highest BCUT2D eigenvalue weighted by Gasteiger charge is 2.44. The number of anilines is 1. The summed E-state index contributed by atoms with van der Waals surface area (Å²) in [6.45, 7) is 1.96. The zero-order valence-electron chi connectivity index (χ0n) is 16.0. The highest BCUT2D eigenvalue weighted by Crippen LogP contribution is 2.32. The van der Waals surface area contributed by atoms with Gasteiger partial charge in [-0.2, -0.15) is 0 Å². The summed E-state index contributed by atoms with van der Waals surface area (Å²) in [7, 11) is 0. The third-order valence-corrected chi connectivity index (χ3v) is 5.58. The zero-order valence-corrected chi connectivity index (χ0v) is 16.8. The molecule has 0 saturated carbocycles. The average molecular weight is 420 g/mol. The van der Waals surface area contributed by atoms with Gasteiger partial charge in [0.15, 0.2) is 0 Å². The van der Waals surface area contributed by atoms with Crippen LogP contribution in [0.2, 0.25) is 0 Å². The van der Waals surface area contributed by atoms with E-state index in [1.165, 1.54) is 11.1 Å². The molecular formula is C20H21FN2O5S. The SMILES string of the molecule is CCOC(=O)C(O)(CC1CN(c2ccc(-c3ccncc3F)cc2)C(=O)O1)SC. The van der Waals surface area contributed by atoms with Crippen LogP contribution in [0.1, 0.15) is 13.3 Å². The number of hydrogen-bond acceptors (Lipinski definition) is 7. The minimum atomic E-state index is -1.79. The van der Waals surface area contributed by atoms with Crippen molar-refractivity contribution in [2.75, 3.05) is 24.3 Å². The standard InChI is InChI=1S/C20H21FN2O5S/c1-3-27-18(24)20(26,29-2)10-15-12-23(19(25)28-15)14-6-4-13(5-7-14)16-8-9-22-11-17(16)21/h4-9,11,15,26H,3,10,12H2,1-2H3. The maximum Gasteiger partial charge on any atom is 0.414 e. The maximum atomic E-state index is 13.9. The molecule has 29 heavy (non-hydrogen) atoms. The first kappa shape index (κ1) is 21.1. The van der Waals surface area contributed by atoms with Gasteiger partial charge in [-0.25, -0.2) is 14.0 Å². The average Bonchev–Trinajstić information content (AvgIpc) is 3.08. The number of aromatic nitrogens is 1. The summed E-state index contributed by atoms with van der Waals surface area (Å²) in [5, 5.41) is 10.5. The number of cyclic esters (lactones) is 1. The fraction of sp³-hybridized carbons (Fsp3) is 0.350. The minimum absolute atomic E-state index is 0.0877. The highest BCUT2D eigenvalue weighted by molar-refractivity contribution is 8.00. The molecule has 1 aliphatic heterocycles. The summed E-state index contributed by atoms with van der Waals surface area (Å²) in [5.74, 6) is -1.19. The lowest BCUT2D eigenvalue weighted by molar-refractivity contribution is -0.157. The summed E-state index contributed by atoms with van der Waals surface area (Å²) in [6.07, 6.45) is 2.89. The Hall–Kier alpha value is -2.65. The Morgan fingerprint density at radius 2 is 2.14 bits per heavy atom. The van der Waals surface area contributed by atoms with Crippen LogP contribution < -0.4 is 4.90 Å². The molecule has 1 amide bonds. The van der Waals surface area contributed by atoms with Crippen molar-refractivity contribution in [1.29, 1.82) is 0 Å². The van der Waals surface area contributed by atoms with Crippen LogP contribution in [0.15, 0.2) is 42.7 Å². The molecule has 0 radical (unpaired) electrons. The van der Waals surface area contributed by atoms with Crippen LogP contribution in [0.5, 0.6) is 0 Å². The van der Waals surface area contributed by atoms with Crippen molar-refractivity contribution < 1.29 is 28.6 Å². The topological polar surface area (TPSA) is 89.0 Å². The molecule has 0 bridgehead atoms. The van der Waals surface area contributed by atoms with Gasteiger partial charge in [-0.1, -0.05) is 12.1 Å². The monoisotopic (exact) mass is 420 g/mol. The summed E-state index contributed by atoms with van der Waals surface area (Å²) >= 11 is 0.937. The van der Waals surface area contributed by atoms with Crippen LogP contribution in [-0.4, -0.2) is 52.6 Å². The number of halogens is 1. The highest BCUT2D eigenvalue weighted by atomic mass is 32.2. The van der Waals surface area contributed by atoms with Crippen molar-refractivity contribution in [3.63, 3.8) is 0 Å². The van der Waals surface area contributed by atoms with Gasteiger partial charge in [-0.3, -0.25) is 9.88 Å². The smallest absolute Gasteiger partial charge is 0.414 e. The number of thioether (sulfide) groups is 1. The number of esters is 1. The number of hydrogen-bond donors (Lipinski definition) is 1. The number of aliphatic hydroxyl groups is 1. The van der Waals surface area contributed by atoms with Gasteiger partial charge in [0, 0.05) is 23.9 Å². The number of benzene rings is 1. The molecule has 1 aromatic heterocycles. The van der Waals surface area contributed by atoms with Crippen molar-refractivity contribution in [3.8, 4) is 11.1 Å². The second-order valence-corrected chi connectivity index (χ2v) is 7.52. The Morgan fingerprint density at radius 3 is 2.76 bits per heavy atom. The van der Waals surface area contributed by atoms with E-state index in [0.717, 1.165) is 18.0 Å². The van der Waals surface area contributed by atoms with E-state index in [4.69, 9.17) is 9.47 Å². The second kappa shape index (κ2) is 8.79. The van der Waals surface area contributed by atoms with Gasteiger partial charge in [0.1, 0.15) is 11.9 Å². The number of carbonyl (C=O) groups excluding carboxylic acids is 2. The Bertz CT molecular complexity index is 895. The normalized spacial score (nSPS) is 18.3. The van der Waals surface area contributed by atoms with Crippen LogP contribution in [0.3, 0.4) is 0 Å². The Labute approximate surface area is 171 Å². The van der Waals surface area contributed by atoms with Crippen molar-refractivity contribution in [1.82, 2.24) is 4.98 Å². The molecule has 3 rings (SSSR count). The van der Waals surface area contributed by atoms with Crippen molar-refractivity contribution in [2.45, 2.75) is 24.4 Å².